The minimum absolute atomic E-state index is 0.0998. The molecule has 0 aromatic rings. The molecule has 4 aliphatic carbocycles. The summed E-state index contributed by atoms with van der Waals surface area (Å²) >= 11 is 0. The van der Waals surface area contributed by atoms with Crippen LogP contribution in [-0.2, 0) is 4.79 Å². The van der Waals surface area contributed by atoms with Gasteiger partial charge in [-0.2, -0.15) is 0 Å². The van der Waals surface area contributed by atoms with Gasteiger partial charge in [-0.05, 0) is 61.7 Å². The molecule has 4 saturated carbocycles. The Bertz CT molecular complexity index is 346. The van der Waals surface area contributed by atoms with Crippen LogP contribution in [0, 0.1) is 35.0 Å². The molecule has 4 rings (SSSR count). The van der Waals surface area contributed by atoms with E-state index in [2.05, 4.69) is 12.8 Å². The van der Waals surface area contributed by atoms with Gasteiger partial charge in [0.1, 0.15) is 0 Å². The molecule has 0 aromatic carbocycles. The summed E-state index contributed by atoms with van der Waals surface area (Å²) in [5, 5.41) is 0. The van der Waals surface area contributed by atoms with Crippen molar-refractivity contribution in [2.45, 2.75) is 45.4 Å². The van der Waals surface area contributed by atoms with E-state index in [0.29, 0.717) is 5.41 Å². The number of hydrogen-bond acceptors (Lipinski definition) is 1. The van der Waals surface area contributed by atoms with Crippen molar-refractivity contribution in [3.63, 3.8) is 0 Å². The topological polar surface area (TPSA) is 17.1 Å². The predicted octanol–water partition coefficient (Wildman–Crippen LogP) is 2.80. The highest BCUT2D eigenvalue weighted by molar-refractivity contribution is 5.99. The van der Waals surface area contributed by atoms with E-state index in [9.17, 15) is 4.79 Å². The Labute approximate surface area is 91.6 Å². The molecule has 0 spiro atoms. The lowest BCUT2D eigenvalue weighted by atomic mass is 9.44. The largest absolute Gasteiger partial charge is 0.284 e. The number of hydrogen-bond donors (Lipinski definition) is 0. The lowest BCUT2D eigenvalue weighted by Crippen LogP contribution is -2.53. The molecule has 4 bridgehead atoms. The second-order valence-corrected chi connectivity index (χ2v) is 6.53. The molecular formula is C14H18O. The van der Waals surface area contributed by atoms with Gasteiger partial charge in [0.25, 0.3) is 0 Å². The SMILES string of the molecule is C#CC(=O)C12CC3CC(CC(C)(C3)C1)C2. The molecule has 0 aromatic heterocycles. The van der Waals surface area contributed by atoms with Gasteiger partial charge in [-0.25, -0.2) is 0 Å². The van der Waals surface area contributed by atoms with Crippen LogP contribution in [0.2, 0.25) is 0 Å². The van der Waals surface area contributed by atoms with Crippen molar-refractivity contribution >= 4 is 5.78 Å². The van der Waals surface area contributed by atoms with E-state index in [1.807, 2.05) is 0 Å². The first-order valence-corrected chi connectivity index (χ1v) is 6.06. The Morgan fingerprint density at radius 2 is 1.87 bits per heavy atom. The first-order valence-electron chi connectivity index (χ1n) is 6.06. The molecule has 0 radical (unpaired) electrons. The first kappa shape index (κ1) is 9.46. The van der Waals surface area contributed by atoms with Crippen molar-refractivity contribution in [1.29, 1.82) is 0 Å². The zero-order valence-corrected chi connectivity index (χ0v) is 9.38. The van der Waals surface area contributed by atoms with Gasteiger partial charge < -0.3 is 0 Å². The lowest BCUT2D eigenvalue weighted by Gasteiger charge is -2.60. The van der Waals surface area contributed by atoms with Gasteiger partial charge in [0.05, 0.1) is 0 Å². The third-order valence-electron chi connectivity index (χ3n) is 4.97. The zero-order valence-electron chi connectivity index (χ0n) is 9.38. The molecule has 4 aliphatic rings. The van der Waals surface area contributed by atoms with E-state index in [1.54, 1.807) is 0 Å². The van der Waals surface area contributed by atoms with Gasteiger partial charge in [0.15, 0.2) is 0 Å². The van der Waals surface area contributed by atoms with E-state index in [-0.39, 0.29) is 11.2 Å². The van der Waals surface area contributed by atoms with Crippen LogP contribution in [-0.4, -0.2) is 5.78 Å². The summed E-state index contributed by atoms with van der Waals surface area (Å²) in [7, 11) is 0. The predicted molar refractivity (Wildman–Crippen MR) is 59.1 cm³/mol. The lowest BCUT2D eigenvalue weighted by molar-refractivity contribution is -0.147. The van der Waals surface area contributed by atoms with Crippen LogP contribution < -0.4 is 0 Å². The summed E-state index contributed by atoms with van der Waals surface area (Å²) in [6.45, 7) is 2.36. The Morgan fingerprint density at radius 3 is 2.33 bits per heavy atom. The highest BCUT2D eigenvalue weighted by Crippen LogP contribution is 2.65. The molecule has 1 heteroatoms. The minimum Gasteiger partial charge on any atom is -0.284 e. The van der Waals surface area contributed by atoms with Gasteiger partial charge in [-0.1, -0.05) is 6.92 Å². The maximum absolute atomic E-state index is 12.0. The molecule has 15 heavy (non-hydrogen) atoms. The fourth-order valence-corrected chi connectivity index (χ4v) is 5.14. The average molecular weight is 202 g/mol. The Hall–Kier alpha value is -0.770. The normalized spacial score (nSPS) is 51.5. The van der Waals surface area contributed by atoms with Gasteiger partial charge in [-0.15, -0.1) is 6.42 Å². The minimum atomic E-state index is -0.104. The van der Waals surface area contributed by atoms with Crippen molar-refractivity contribution in [3.8, 4) is 12.3 Å². The van der Waals surface area contributed by atoms with Crippen LogP contribution in [0.15, 0.2) is 0 Å². The number of carbonyl (C=O) groups excluding carboxylic acids is 1. The summed E-state index contributed by atoms with van der Waals surface area (Å²) in [4.78, 5) is 12.0. The van der Waals surface area contributed by atoms with Crippen LogP contribution in [0.4, 0.5) is 0 Å². The van der Waals surface area contributed by atoms with Crippen molar-refractivity contribution < 1.29 is 4.79 Å². The average Bonchev–Trinajstić information content (AvgIpc) is 2.12. The molecule has 4 fully saturated rings. The summed E-state index contributed by atoms with van der Waals surface area (Å²) in [5.41, 5.74) is 0.324. The quantitative estimate of drug-likeness (QED) is 0.472. The van der Waals surface area contributed by atoms with Crippen LogP contribution in [0.1, 0.15) is 45.4 Å². The van der Waals surface area contributed by atoms with Crippen LogP contribution >= 0.6 is 0 Å². The fourth-order valence-electron chi connectivity index (χ4n) is 5.14. The third kappa shape index (κ3) is 1.20. The molecule has 1 nitrogen and oxygen atoms in total. The van der Waals surface area contributed by atoms with Crippen molar-refractivity contribution in [3.05, 3.63) is 0 Å². The number of carbonyl (C=O) groups is 1. The van der Waals surface area contributed by atoms with E-state index in [0.717, 1.165) is 31.1 Å². The van der Waals surface area contributed by atoms with Crippen molar-refractivity contribution in [2.75, 3.05) is 0 Å². The van der Waals surface area contributed by atoms with Crippen LogP contribution in [0.3, 0.4) is 0 Å². The van der Waals surface area contributed by atoms with E-state index < -0.39 is 0 Å². The highest BCUT2D eigenvalue weighted by atomic mass is 16.1. The standard InChI is InChI=1S/C14H18O/c1-3-12(15)14-7-10-4-11(8-14)6-13(2,5-10)9-14/h1,10-11H,4-9H2,2H3. The molecular weight excluding hydrogens is 184 g/mol. The zero-order chi connectivity index (χ0) is 10.7. The van der Waals surface area contributed by atoms with Crippen LogP contribution in [0.5, 0.6) is 0 Å². The molecule has 2 unspecified atom stereocenters. The molecule has 2 atom stereocenters. The van der Waals surface area contributed by atoms with E-state index in [4.69, 9.17) is 6.42 Å². The van der Waals surface area contributed by atoms with Gasteiger partial charge in [-0.3, -0.25) is 4.79 Å². The van der Waals surface area contributed by atoms with Crippen LogP contribution in [0.25, 0.3) is 0 Å². The van der Waals surface area contributed by atoms with Crippen molar-refractivity contribution in [2.24, 2.45) is 22.7 Å². The first-order chi connectivity index (χ1) is 7.05. The fraction of sp³-hybridized carbons (Fsp3) is 0.786. The van der Waals surface area contributed by atoms with Gasteiger partial charge >= 0.3 is 0 Å². The van der Waals surface area contributed by atoms with E-state index in [1.165, 1.54) is 19.3 Å². The summed E-state index contributed by atoms with van der Waals surface area (Å²) in [6, 6.07) is 0. The van der Waals surface area contributed by atoms with Crippen molar-refractivity contribution in [1.82, 2.24) is 0 Å². The smallest absolute Gasteiger partial charge is 0.211 e. The molecule has 0 saturated heterocycles. The monoisotopic (exact) mass is 202 g/mol. The molecule has 0 aliphatic heterocycles. The third-order valence-corrected chi connectivity index (χ3v) is 4.97. The molecule has 80 valence electrons. The highest BCUT2D eigenvalue weighted by Gasteiger charge is 2.58. The summed E-state index contributed by atoms with van der Waals surface area (Å²) < 4.78 is 0. The second kappa shape index (κ2) is 2.67. The number of ketones is 1. The molecule has 0 heterocycles. The Morgan fingerprint density at radius 1 is 1.27 bits per heavy atom. The van der Waals surface area contributed by atoms with Gasteiger partial charge in [0, 0.05) is 5.41 Å². The number of rotatable bonds is 1. The van der Waals surface area contributed by atoms with E-state index >= 15 is 0 Å². The summed E-state index contributed by atoms with van der Waals surface area (Å²) in [5.74, 6) is 4.07. The maximum atomic E-state index is 12.0. The molecule has 0 N–H and O–H groups in total. The maximum Gasteiger partial charge on any atom is 0.211 e. The number of terminal acetylenes is 1. The summed E-state index contributed by atoms with van der Waals surface area (Å²) in [6.07, 6.45) is 12.6. The Balaban J connectivity index is 2.00. The second-order valence-electron chi connectivity index (χ2n) is 6.53. The molecule has 0 amide bonds. The number of Topliss-reactive ketones (excluding diaryl/α,β-unsaturated/α-hetero) is 1. The Kier molecular flexibility index (Phi) is 1.68. The van der Waals surface area contributed by atoms with Gasteiger partial charge in [0.2, 0.25) is 5.78 Å².